The van der Waals surface area contributed by atoms with E-state index in [0.29, 0.717) is 6.61 Å². The van der Waals surface area contributed by atoms with Crippen LogP contribution in [0.2, 0.25) is 0 Å². The van der Waals surface area contributed by atoms with Crippen molar-refractivity contribution in [3.63, 3.8) is 0 Å². The maximum atomic E-state index is 12.2. The molecule has 2 aromatic rings. The molecule has 1 fully saturated rings. The summed E-state index contributed by atoms with van der Waals surface area (Å²) in [7, 11) is 1.86. The smallest absolute Gasteiger partial charge is 0.315 e. The van der Waals surface area contributed by atoms with Gasteiger partial charge in [-0.25, -0.2) is 4.79 Å². The van der Waals surface area contributed by atoms with E-state index in [9.17, 15) is 4.79 Å². The molecule has 3 atom stereocenters. The van der Waals surface area contributed by atoms with E-state index in [1.165, 1.54) is 0 Å². The van der Waals surface area contributed by atoms with Crippen LogP contribution in [0.25, 0.3) is 0 Å². The molecule has 0 radical (unpaired) electrons. The monoisotopic (exact) mass is 315 g/mol. The van der Waals surface area contributed by atoms with Crippen molar-refractivity contribution in [3.05, 3.63) is 48.0 Å². The molecule has 0 aromatic carbocycles. The van der Waals surface area contributed by atoms with Crippen molar-refractivity contribution in [3.8, 4) is 0 Å². The molecule has 3 heterocycles. The van der Waals surface area contributed by atoms with Gasteiger partial charge in [0.25, 0.3) is 0 Å². The van der Waals surface area contributed by atoms with Crippen LogP contribution in [-0.2, 0) is 11.8 Å². The Kier molecular flexibility index (Phi) is 4.57. The van der Waals surface area contributed by atoms with Crippen molar-refractivity contribution < 1.29 is 9.53 Å². The largest absolute Gasteiger partial charge is 0.371 e. The Morgan fingerprint density at radius 2 is 2.35 bits per heavy atom. The quantitative estimate of drug-likeness (QED) is 0.900. The molecule has 0 spiro atoms. The molecule has 7 heteroatoms. The van der Waals surface area contributed by atoms with Gasteiger partial charge < -0.3 is 15.4 Å². The van der Waals surface area contributed by atoms with E-state index >= 15 is 0 Å². The molecule has 2 amide bonds. The average molecular weight is 315 g/mol. The van der Waals surface area contributed by atoms with E-state index in [1.807, 2.05) is 38.4 Å². The van der Waals surface area contributed by atoms with Gasteiger partial charge in [0, 0.05) is 31.6 Å². The molecule has 1 aliphatic heterocycles. The molecule has 2 aromatic heterocycles. The Bertz CT molecular complexity index is 658. The third-order valence-electron chi connectivity index (χ3n) is 3.94. The van der Waals surface area contributed by atoms with Gasteiger partial charge in [0.2, 0.25) is 0 Å². The summed E-state index contributed by atoms with van der Waals surface area (Å²) < 4.78 is 7.48. The number of rotatable bonds is 4. The van der Waals surface area contributed by atoms with Gasteiger partial charge in [-0.05, 0) is 25.5 Å². The number of nitrogens with one attached hydrogen (secondary N) is 2. The van der Waals surface area contributed by atoms with E-state index in [0.717, 1.165) is 17.7 Å². The summed E-state index contributed by atoms with van der Waals surface area (Å²) in [6.07, 6.45) is 6.04. The fourth-order valence-corrected chi connectivity index (χ4v) is 2.77. The van der Waals surface area contributed by atoms with Gasteiger partial charge in [-0.15, -0.1) is 0 Å². The highest BCUT2D eigenvalue weighted by Crippen LogP contribution is 2.28. The summed E-state index contributed by atoms with van der Waals surface area (Å²) in [5, 5.41) is 10.1. The number of hydrogen-bond acceptors (Lipinski definition) is 4. The number of carbonyl (C=O) groups excluding carboxylic acids is 1. The van der Waals surface area contributed by atoms with Gasteiger partial charge in [-0.2, -0.15) is 5.10 Å². The zero-order chi connectivity index (χ0) is 16.2. The molecule has 1 aliphatic rings. The first-order valence-electron chi connectivity index (χ1n) is 7.71. The van der Waals surface area contributed by atoms with E-state index in [2.05, 4.69) is 20.7 Å². The summed E-state index contributed by atoms with van der Waals surface area (Å²) in [6.45, 7) is 2.53. The first-order valence-corrected chi connectivity index (χ1v) is 7.71. The van der Waals surface area contributed by atoms with Gasteiger partial charge >= 0.3 is 6.03 Å². The molecule has 3 rings (SSSR count). The van der Waals surface area contributed by atoms with Crippen LogP contribution >= 0.6 is 0 Å². The first kappa shape index (κ1) is 15.5. The third-order valence-corrected chi connectivity index (χ3v) is 3.94. The van der Waals surface area contributed by atoms with E-state index < -0.39 is 0 Å². The maximum Gasteiger partial charge on any atom is 0.315 e. The lowest BCUT2D eigenvalue weighted by Gasteiger charge is -2.21. The zero-order valence-electron chi connectivity index (χ0n) is 13.3. The lowest BCUT2D eigenvalue weighted by atomic mass is 10.1. The Hall–Kier alpha value is -2.41. The molecule has 2 N–H and O–H groups in total. The molecule has 23 heavy (non-hydrogen) atoms. The topological polar surface area (TPSA) is 81.1 Å². The fourth-order valence-electron chi connectivity index (χ4n) is 2.77. The predicted molar refractivity (Wildman–Crippen MR) is 84.6 cm³/mol. The molecular weight excluding hydrogens is 294 g/mol. The van der Waals surface area contributed by atoms with Crippen LogP contribution in [0.15, 0.2) is 36.8 Å². The Morgan fingerprint density at radius 3 is 3.04 bits per heavy atom. The van der Waals surface area contributed by atoms with Crippen molar-refractivity contribution in [2.75, 3.05) is 6.61 Å². The second-order valence-electron chi connectivity index (χ2n) is 5.73. The van der Waals surface area contributed by atoms with E-state index in [-0.39, 0.29) is 24.2 Å². The van der Waals surface area contributed by atoms with Crippen molar-refractivity contribution in [2.45, 2.75) is 31.5 Å². The summed E-state index contributed by atoms with van der Waals surface area (Å²) in [5.74, 6) is 0. The van der Waals surface area contributed by atoms with Crippen molar-refractivity contribution in [2.24, 2.45) is 7.05 Å². The number of nitrogens with zero attached hydrogens (tertiary/aromatic N) is 3. The summed E-state index contributed by atoms with van der Waals surface area (Å²) >= 11 is 0. The first-order chi connectivity index (χ1) is 11.1. The molecular formula is C16H21N5O2. The van der Waals surface area contributed by atoms with Crippen molar-refractivity contribution in [1.82, 2.24) is 25.4 Å². The van der Waals surface area contributed by atoms with Gasteiger partial charge in [0.1, 0.15) is 6.10 Å². The van der Waals surface area contributed by atoms with Crippen molar-refractivity contribution >= 4 is 6.03 Å². The summed E-state index contributed by atoms with van der Waals surface area (Å²) in [4.78, 5) is 16.5. The number of aromatic nitrogens is 3. The number of pyridine rings is 1. The third kappa shape index (κ3) is 3.68. The normalized spacial score (nSPS) is 21.8. The van der Waals surface area contributed by atoms with Crippen molar-refractivity contribution in [1.29, 1.82) is 0 Å². The number of amides is 2. The number of ether oxygens (including phenoxy) is 1. The predicted octanol–water partition coefficient (Wildman–Crippen LogP) is 1.71. The molecule has 0 aliphatic carbocycles. The molecule has 122 valence electrons. The van der Waals surface area contributed by atoms with Gasteiger partial charge in [0.05, 0.1) is 24.0 Å². The van der Waals surface area contributed by atoms with E-state index in [1.54, 1.807) is 17.1 Å². The minimum absolute atomic E-state index is 0.0601. The lowest BCUT2D eigenvalue weighted by Crippen LogP contribution is -2.44. The highest BCUT2D eigenvalue weighted by molar-refractivity contribution is 5.74. The summed E-state index contributed by atoms with van der Waals surface area (Å²) in [5.41, 5.74) is 1.81. The highest BCUT2D eigenvalue weighted by Gasteiger charge is 2.32. The van der Waals surface area contributed by atoms with Crippen LogP contribution in [-0.4, -0.2) is 33.4 Å². The molecule has 0 unspecified atom stereocenters. The number of urea groups is 1. The molecule has 1 saturated heterocycles. The standard InChI is InChI=1S/C16H21N5O2/c1-11(13-5-3-4-7-17-13)19-16(22)20-14-6-8-23-15(14)12-9-18-21(2)10-12/h3-5,7,9-11,14-15H,6,8H2,1-2H3,(H2,19,20,22)/t11-,14-,15+/m0/s1. The Balaban J connectivity index is 1.59. The van der Waals surface area contributed by atoms with Crippen LogP contribution in [0.3, 0.4) is 0 Å². The number of hydrogen-bond donors (Lipinski definition) is 2. The maximum absolute atomic E-state index is 12.2. The highest BCUT2D eigenvalue weighted by atomic mass is 16.5. The van der Waals surface area contributed by atoms with Crippen LogP contribution in [0.5, 0.6) is 0 Å². The second kappa shape index (κ2) is 6.78. The van der Waals surface area contributed by atoms with E-state index in [4.69, 9.17) is 4.74 Å². The molecule has 7 nitrogen and oxygen atoms in total. The zero-order valence-corrected chi connectivity index (χ0v) is 13.3. The number of aryl methyl sites for hydroxylation is 1. The van der Waals surface area contributed by atoms with Gasteiger partial charge in [-0.1, -0.05) is 6.07 Å². The van der Waals surface area contributed by atoms with Crippen LogP contribution in [0.4, 0.5) is 4.79 Å². The Morgan fingerprint density at radius 1 is 1.48 bits per heavy atom. The molecule has 0 bridgehead atoms. The number of carbonyl (C=O) groups is 1. The van der Waals surface area contributed by atoms with Crippen LogP contribution in [0.1, 0.15) is 36.7 Å². The average Bonchev–Trinajstić information content (AvgIpc) is 3.16. The van der Waals surface area contributed by atoms with Gasteiger partial charge in [-0.3, -0.25) is 9.67 Å². The minimum Gasteiger partial charge on any atom is -0.371 e. The van der Waals surface area contributed by atoms with Crippen LogP contribution < -0.4 is 10.6 Å². The molecule has 0 saturated carbocycles. The fraction of sp³-hybridized carbons (Fsp3) is 0.438. The minimum atomic E-state index is -0.215. The summed E-state index contributed by atoms with van der Waals surface area (Å²) in [6, 6.07) is 5.21. The SMILES string of the molecule is C[C@H](NC(=O)N[C@H]1CCO[C@@H]1c1cnn(C)c1)c1ccccn1. The van der Waals surface area contributed by atoms with Crippen LogP contribution in [0, 0.1) is 0 Å². The lowest BCUT2D eigenvalue weighted by molar-refractivity contribution is 0.0998. The second-order valence-corrected chi connectivity index (χ2v) is 5.73. The van der Waals surface area contributed by atoms with Gasteiger partial charge in [0.15, 0.2) is 0 Å². The Labute approximate surface area is 135 Å².